The van der Waals surface area contributed by atoms with Crippen LogP contribution in [0, 0.1) is 0 Å². The van der Waals surface area contributed by atoms with Gasteiger partial charge < -0.3 is 9.80 Å². The summed E-state index contributed by atoms with van der Waals surface area (Å²) in [6, 6.07) is 13.3. The lowest BCUT2D eigenvalue weighted by Gasteiger charge is -2.42. The van der Waals surface area contributed by atoms with Gasteiger partial charge in [-0.1, -0.05) is 24.3 Å². The van der Waals surface area contributed by atoms with E-state index in [2.05, 4.69) is 33.0 Å². The lowest BCUT2D eigenvalue weighted by Crippen LogP contribution is -2.59. The van der Waals surface area contributed by atoms with Crippen LogP contribution in [-0.4, -0.2) is 69.5 Å². The van der Waals surface area contributed by atoms with Gasteiger partial charge in [0.2, 0.25) is 11.9 Å². The SMILES string of the molecule is CN1CCN(c2nc(-c3ccncc3)cc(=O)n2C)CC1C(=O)N1CCc2ccccc2C1. The molecular weight excluding hydrogens is 416 g/mol. The molecule has 8 heteroatoms. The summed E-state index contributed by atoms with van der Waals surface area (Å²) in [6.07, 6.45) is 4.26. The molecule has 4 heterocycles. The van der Waals surface area contributed by atoms with Crippen molar-refractivity contribution in [2.75, 3.05) is 38.1 Å². The third-order valence-electron chi connectivity index (χ3n) is 6.75. The summed E-state index contributed by atoms with van der Waals surface area (Å²) in [5, 5.41) is 0. The smallest absolute Gasteiger partial charge is 0.255 e. The molecule has 3 aromatic rings. The van der Waals surface area contributed by atoms with E-state index in [0.717, 1.165) is 25.1 Å². The second kappa shape index (κ2) is 8.78. The first-order valence-corrected chi connectivity index (χ1v) is 11.3. The zero-order chi connectivity index (χ0) is 22.9. The number of anilines is 1. The van der Waals surface area contributed by atoms with E-state index in [1.807, 2.05) is 30.1 Å². The van der Waals surface area contributed by atoms with E-state index in [-0.39, 0.29) is 17.5 Å². The number of hydrogen-bond donors (Lipinski definition) is 0. The Labute approximate surface area is 193 Å². The van der Waals surface area contributed by atoms with Crippen molar-refractivity contribution >= 4 is 11.9 Å². The van der Waals surface area contributed by atoms with Gasteiger partial charge in [-0.05, 0) is 36.7 Å². The maximum Gasteiger partial charge on any atom is 0.255 e. The van der Waals surface area contributed by atoms with Crippen LogP contribution in [-0.2, 0) is 24.8 Å². The normalized spacial score (nSPS) is 18.8. The Kier molecular flexibility index (Phi) is 5.68. The van der Waals surface area contributed by atoms with Gasteiger partial charge in [0.25, 0.3) is 5.56 Å². The highest BCUT2D eigenvalue weighted by Crippen LogP contribution is 2.23. The molecule has 8 nitrogen and oxygen atoms in total. The van der Waals surface area contributed by atoms with E-state index in [1.54, 1.807) is 30.1 Å². The van der Waals surface area contributed by atoms with Crippen LogP contribution in [0.25, 0.3) is 11.3 Å². The average Bonchev–Trinajstić information content (AvgIpc) is 2.86. The molecule has 1 atom stereocenters. The Morgan fingerprint density at radius 2 is 1.76 bits per heavy atom. The number of fused-ring (bicyclic) bond motifs is 1. The van der Waals surface area contributed by atoms with Gasteiger partial charge in [0, 0.05) is 63.8 Å². The average molecular weight is 445 g/mol. The summed E-state index contributed by atoms with van der Waals surface area (Å²) < 4.78 is 1.56. The standard InChI is InChI=1S/C25H28N6O2/c1-28-13-14-31(25-27-21(15-23(32)29(25)2)19-7-10-26-11-8-19)17-22(28)24(33)30-12-9-18-5-3-4-6-20(18)16-30/h3-8,10-11,15,22H,9,12-14,16-17H2,1-2H3. The maximum absolute atomic E-state index is 13.6. The molecule has 0 saturated carbocycles. The van der Waals surface area contributed by atoms with Crippen LogP contribution in [0.4, 0.5) is 5.95 Å². The van der Waals surface area contributed by atoms with Crippen molar-refractivity contribution < 1.29 is 4.79 Å². The first-order valence-electron chi connectivity index (χ1n) is 11.3. The molecule has 2 aliphatic heterocycles. The number of pyridine rings is 1. The molecule has 2 aromatic heterocycles. The monoisotopic (exact) mass is 444 g/mol. The van der Waals surface area contributed by atoms with Gasteiger partial charge in [-0.15, -0.1) is 0 Å². The highest BCUT2D eigenvalue weighted by Gasteiger charge is 2.35. The van der Waals surface area contributed by atoms with Gasteiger partial charge in [-0.2, -0.15) is 0 Å². The summed E-state index contributed by atoms with van der Waals surface area (Å²) in [5.41, 5.74) is 3.89. The number of benzene rings is 1. The van der Waals surface area contributed by atoms with Crippen LogP contribution in [0.15, 0.2) is 59.7 Å². The predicted octanol–water partition coefficient (Wildman–Crippen LogP) is 1.55. The number of rotatable bonds is 3. The number of piperazine rings is 1. The highest BCUT2D eigenvalue weighted by molar-refractivity contribution is 5.83. The Bertz CT molecular complexity index is 1230. The quantitative estimate of drug-likeness (QED) is 0.610. The Morgan fingerprint density at radius 3 is 2.55 bits per heavy atom. The second-order valence-electron chi connectivity index (χ2n) is 8.80. The molecule has 0 spiro atoms. The Hall–Kier alpha value is -3.52. The molecule has 170 valence electrons. The molecule has 33 heavy (non-hydrogen) atoms. The molecule has 1 unspecified atom stereocenters. The van der Waals surface area contributed by atoms with E-state index in [0.29, 0.717) is 31.3 Å². The molecule has 0 N–H and O–H groups in total. The first-order chi connectivity index (χ1) is 16.0. The number of carbonyl (C=O) groups is 1. The van der Waals surface area contributed by atoms with E-state index in [1.165, 1.54) is 11.1 Å². The fraction of sp³-hybridized carbons (Fsp3) is 0.360. The molecule has 1 saturated heterocycles. The Balaban J connectivity index is 1.40. The fourth-order valence-electron chi connectivity index (χ4n) is 4.70. The number of aromatic nitrogens is 3. The van der Waals surface area contributed by atoms with Crippen molar-refractivity contribution in [3.63, 3.8) is 0 Å². The molecule has 0 aliphatic carbocycles. The molecule has 1 aromatic carbocycles. The summed E-state index contributed by atoms with van der Waals surface area (Å²) in [7, 11) is 3.73. The third-order valence-corrected chi connectivity index (χ3v) is 6.75. The topological polar surface area (TPSA) is 74.6 Å². The lowest BCUT2D eigenvalue weighted by molar-refractivity contribution is -0.137. The molecule has 0 bridgehead atoms. The van der Waals surface area contributed by atoms with E-state index >= 15 is 0 Å². The third kappa shape index (κ3) is 4.14. The van der Waals surface area contributed by atoms with Gasteiger partial charge in [0.15, 0.2) is 0 Å². The molecule has 5 rings (SSSR count). The van der Waals surface area contributed by atoms with Crippen LogP contribution < -0.4 is 10.5 Å². The number of amides is 1. The predicted molar refractivity (Wildman–Crippen MR) is 127 cm³/mol. The van der Waals surface area contributed by atoms with Crippen molar-refractivity contribution in [2.24, 2.45) is 7.05 Å². The van der Waals surface area contributed by atoms with Gasteiger partial charge >= 0.3 is 0 Å². The Morgan fingerprint density at radius 1 is 1.00 bits per heavy atom. The summed E-state index contributed by atoms with van der Waals surface area (Å²) in [5.74, 6) is 0.719. The summed E-state index contributed by atoms with van der Waals surface area (Å²) in [4.78, 5) is 41.3. The highest BCUT2D eigenvalue weighted by atomic mass is 16.2. The lowest BCUT2D eigenvalue weighted by atomic mass is 9.99. The molecule has 1 fully saturated rings. The molecule has 1 amide bonds. The minimum Gasteiger partial charge on any atom is -0.339 e. The molecular formula is C25H28N6O2. The first kappa shape index (κ1) is 21.3. The maximum atomic E-state index is 13.6. The minimum absolute atomic E-state index is 0.124. The number of nitrogens with zero attached hydrogens (tertiary/aromatic N) is 6. The second-order valence-corrected chi connectivity index (χ2v) is 8.80. The number of likely N-dealkylation sites (N-methyl/N-ethyl adjacent to an activating group) is 1. The summed E-state index contributed by atoms with van der Waals surface area (Å²) in [6.45, 7) is 3.29. The molecule has 0 radical (unpaired) electrons. The van der Waals surface area contributed by atoms with Gasteiger partial charge in [0.05, 0.1) is 5.69 Å². The van der Waals surface area contributed by atoms with Gasteiger partial charge in [-0.3, -0.25) is 24.0 Å². The van der Waals surface area contributed by atoms with E-state index < -0.39 is 0 Å². The zero-order valence-corrected chi connectivity index (χ0v) is 19.0. The largest absolute Gasteiger partial charge is 0.339 e. The number of carbonyl (C=O) groups excluding carboxylic acids is 1. The van der Waals surface area contributed by atoms with Crippen LogP contribution in [0.3, 0.4) is 0 Å². The zero-order valence-electron chi connectivity index (χ0n) is 19.0. The van der Waals surface area contributed by atoms with Crippen molar-refractivity contribution in [2.45, 2.75) is 19.0 Å². The van der Waals surface area contributed by atoms with E-state index in [4.69, 9.17) is 4.98 Å². The van der Waals surface area contributed by atoms with Gasteiger partial charge in [0.1, 0.15) is 6.04 Å². The van der Waals surface area contributed by atoms with Crippen LogP contribution in [0.2, 0.25) is 0 Å². The van der Waals surface area contributed by atoms with Gasteiger partial charge in [-0.25, -0.2) is 4.98 Å². The van der Waals surface area contributed by atoms with Crippen LogP contribution >= 0.6 is 0 Å². The molecule has 2 aliphatic rings. The fourth-order valence-corrected chi connectivity index (χ4v) is 4.70. The van der Waals surface area contributed by atoms with E-state index in [9.17, 15) is 9.59 Å². The minimum atomic E-state index is -0.287. The van der Waals surface area contributed by atoms with Crippen molar-refractivity contribution in [3.8, 4) is 11.3 Å². The number of hydrogen-bond acceptors (Lipinski definition) is 6. The van der Waals surface area contributed by atoms with Crippen molar-refractivity contribution in [1.82, 2.24) is 24.3 Å². The van der Waals surface area contributed by atoms with Crippen LogP contribution in [0.1, 0.15) is 11.1 Å². The van der Waals surface area contributed by atoms with Crippen LogP contribution in [0.5, 0.6) is 0 Å². The van der Waals surface area contributed by atoms with Crippen molar-refractivity contribution in [1.29, 1.82) is 0 Å². The summed E-state index contributed by atoms with van der Waals surface area (Å²) >= 11 is 0. The van der Waals surface area contributed by atoms with Crippen molar-refractivity contribution in [3.05, 3.63) is 76.3 Å².